The van der Waals surface area contributed by atoms with Gasteiger partial charge in [-0.1, -0.05) is 12.1 Å². The fourth-order valence-corrected chi connectivity index (χ4v) is 2.43. The second kappa shape index (κ2) is 4.93. The molecular weight excluding hydrogens is 261 g/mol. The summed E-state index contributed by atoms with van der Waals surface area (Å²) in [5.74, 6) is -0.278. The van der Waals surface area contributed by atoms with E-state index in [-0.39, 0.29) is 5.82 Å². The smallest absolute Gasteiger partial charge is 0.178 e. The Hall–Kier alpha value is -2.01. The number of benzene rings is 1. The Balaban J connectivity index is 1.95. The number of imidazole rings is 1. The summed E-state index contributed by atoms with van der Waals surface area (Å²) >= 11 is 5.25. The zero-order valence-electron chi connectivity index (χ0n) is 10.1. The summed E-state index contributed by atoms with van der Waals surface area (Å²) in [5.41, 5.74) is 2.25. The first-order valence-corrected chi connectivity index (χ1v) is 6.43. The summed E-state index contributed by atoms with van der Waals surface area (Å²) in [6.45, 7) is 0.680. The highest BCUT2D eigenvalue weighted by atomic mass is 32.1. The van der Waals surface area contributed by atoms with E-state index >= 15 is 0 Å². The number of rotatable bonds is 3. The van der Waals surface area contributed by atoms with E-state index in [1.165, 1.54) is 6.07 Å². The van der Waals surface area contributed by atoms with Crippen molar-refractivity contribution in [2.45, 2.75) is 13.0 Å². The topological polar surface area (TPSA) is 33.6 Å². The number of nitrogens with one attached hydrogen (secondary N) is 1. The van der Waals surface area contributed by atoms with Crippen molar-refractivity contribution in [1.82, 2.24) is 14.5 Å². The van der Waals surface area contributed by atoms with Gasteiger partial charge in [-0.05, 0) is 36.5 Å². The summed E-state index contributed by atoms with van der Waals surface area (Å²) in [6.07, 6.45) is 2.53. The van der Waals surface area contributed by atoms with Crippen LogP contribution in [0.2, 0.25) is 0 Å². The average Bonchev–Trinajstić information content (AvgIpc) is 2.75. The van der Waals surface area contributed by atoms with Gasteiger partial charge in [0.15, 0.2) is 4.77 Å². The number of halogens is 1. The lowest BCUT2D eigenvalue weighted by atomic mass is 10.2. The quantitative estimate of drug-likeness (QED) is 0.741. The van der Waals surface area contributed by atoms with Crippen LogP contribution >= 0.6 is 12.2 Å². The molecule has 3 rings (SSSR count). The van der Waals surface area contributed by atoms with E-state index in [2.05, 4.69) is 9.97 Å². The standard InChI is InChI=1S/C14H12FN3S/c15-11-5-3-6-12-13(11)17-14(19)18(12)9-7-10-4-1-2-8-16-10/h1-6,8H,7,9H2,(H,17,19). The van der Waals surface area contributed by atoms with Crippen LogP contribution in [0.25, 0.3) is 11.0 Å². The van der Waals surface area contributed by atoms with Crippen LogP contribution < -0.4 is 0 Å². The number of fused-ring (bicyclic) bond motifs is 1. The van der Waals surface area contributed by atoms with Crippen LogP contribution in [0.15, 0.2) is 42.6 Å². The molecular formula is C14H12FN3S. The third-order valence-corrected chi connectivity index (χ3v) is 3.40. The molecule has 0 aliphatic carbocycles. The molecule has 0 spiro atoms. The average molecular weight is 273 g/mol. The van der Waals surface area contributed by atoms with Crippen molar-refractivity contribution in [2.24, 2.45) is 0 Å². The summed E-state index contributed by atoms with van der Waals surface area (Å²) < 4.78 is 16.1. The molecule has 1 aromatic carbocycles. The Morgan fingerprint density at radius 3 is 2.89 bits per heavy atom. The van der Waals surface area contributed by atoms with Crippen LogP contribution in [-0.2, 0) is 13.0 Å². The summed E-state index contributed by atoms with van der Waals surface area (Å²) in [6, 6.07) is 10.8. The molecule has 3 aromatic rings. The van der Waals surface area contributed by atoms with Crippen LogP contribution in [0, 0.1) is 10.6 Å². The van der Waals surface area contributed by atoms with Gasteiger partial charge in [0.25, 0.3) is 0 Å². The predicted octanol–water partition coefficient (Wildman–Crippen LogP) is 3.48. The van der Waals surface area contributed by atoms with E-state index < -0.39 is 0 Å². The number of aromatic nitrogens is 3. The number of hydrogen-bond acceptors (Lipinski definition) is 2. The van der Waals surface area contributed by atoms with Crippen LogP contribution in [0.1, 0.15) is 5.69 Å². The van der Waals surface area contributed by atoms with Crippen molar-refractivity contribution in [3.63, 3.8) is 0 Å². The molecule has 0 bridgehead atoms. The molecule has 3 nitrogen and oxygen atoms in total. The fourth-order valence-electron chi connectivity index (χ4n) is 2.14. The maximum absolute atomic E-state index is 13.6. The van der Waals surface area contributed by atoms with E-state index in [1.807, 2.05) is 28.8 Å². The fraction of sp³-hybridized carbons (Fsp3) is 0.143. The number of aryl methyl sites for hydroxylation is 2. The van der Waals surface area contributed by atoms with Gasteiger partial charge in [0.2, 0.25) is 0 Å². The summed E-state index contributed by atoms with van der Waals surface area (Å²) in [7, 11) is 0. The molecule has 5 heteroatoms. The number of H-pyrrole nitrogens is 1. The van der Waals surface area contributed by atoms with Crippen molar-refractivity contribution in [2.75, 3.05) is 0 Å². The Morgan fingerprint density at radius 2 is 2.11 bits per heavy atom. The predicted molar refractivity (Wildman–Crippen MR) is 75.0 cm³/mol. The first-order chi connectivity index (χ1) is 9.25. The number of nitrogens with zero attached hydrogens (tertiary/aromatic N) is 2. The minimum absolute atomic E-state index is 0.278. The Labute approximate surface area is 114 Å². The number of aromatic amines is 1. The summed E-state index contributed by atoms with van der Waals surface area (Å²) in [4.78, 5) is 7.19. The molecule has 1 N–H and O–H groups in total. The molecule has 2 heterocycles. The van der Waals surface area contributed by atoms with Crippen LogP contribution in [0.5, 0.6) is 0 Å². The van der Waals surface area contributed by atoms with Gasteiger partial charge in [-0.2, -0.15) is 0 Å². The van der Waals surface area contributed by atoms with E-state index in [0.29, 0.717) is 16.8 Å². The zero-order chi connectivity index (χ0) is 13.2. The highest BCUT2D eigenvalue weighted by molar-refractivity contribution is 7.71. The van der Waals surface area contributed by atoms with E-state index in [9.17, 15) is 4.39 Å². The molecule has 0 saturated carbocycles. The third-order valence-electron chi connectivity index (χ3n) is 3.08. The number of pyridine rings is 1. The molecule has 19 heavy (non-hydrogen) atoms. The highest BCUT2D eigenvalue weighted by Crippen LogP contribution is 2.17. The van der Waals surface area contributed by atoms with E-state index in [1.54, 1.807) is 12.3 Å². The van der Waals surface area contributed by atoms with Gasteiger partial charge in [0, 0.05) is 24.9 Å². The van der Waals surface area contributed by atoms with Gasteiger partial charge >= 0.3 is 0 Å². The van der Waals surface area contributed by atoms with Crippen molar-refractivity contribution in [3.8, 4) is 0 Å². The second-order valence-electron chi connectivity index (χ2n) is 4.29. The SMILES string of the molecule is Fc1cccc2c1[nH]c(=S)n2CCc1ccccn1. The van der Waals surface area contributed by atoms with Gasteiger partial charge in [0.1, 0.15) is 11.3 Å². The van der Waals surface area contributed by atoms with Crippen molar-refractivity contribution < 1.29 is 4.39 Å². The lowest BCUT2D eigenvalue weighted by molar-refractivity contribution is 0.637. The molecule has 0 aliphatic rings. The van der Waals surface area contributed by atoms with E-state index in [0.717, 1.165) is 17.6 Å². The molecule has 0 radical (unpaired) electrons. The van der Waals surface area contributed by atoms with Gasteiger partial charge in [0.05, 0.1) is 5.52 Å². The summed E-state index contributed by atoms with van der Waals surface area (Å²) in [5, 5.41) is 0. The molecule has 2 aromatic heterocycles. The largest absolute Gasteiger partial charge is 0.328 e. The van der Waals surface area contributed by atoms with Crippen molar-refractivity contribution in [3.05, 3.63) is 58.9 Å². The molecule has 0 saturated heterocycles. The minimum Gasteiger partial charge on any atom is -0.328 e. The van der Waals surface area contributed by atoms with Crippen molar-refractivity contribution in [1.29, 1.82) is 0 Å². The lowest BCUT2D eigenvalue weighted by Crippen LogP contribution is -2.02. The zero-order valence-corrected chi connectivity index (χ0v) is 11.0. The second-order valence-corrected chi connectivity index (χ2v) is 4.67. The molecule has 0 fully saturated rings. The first-order valence-electron chi connectivity index (χ1n) is 6.02. The monoisotopic (exact) mass is 273 g/mol. The third kappa shape index (κ3) is 2.29. The van der Waals surface area contributed by atoms with Crippen LogP contribution in [0.3, 0.4) is 0 Å². The Bertz CT molecular complexity index is 761. The van der Waals surface area contributed by atoms with Gasteiger partial charge in [-0.25, -0.2) is 4.39 Å². The molecule has 96 valence electrons. The maximum atomic E-state index is 13.6. The molecule has 0 atom stereocenters. The van der Waals surface area contributed by atoms with Crippen LogP contribution in [-0.4, -0.2) is 14.5 Å². The van der Waals surface area contributed by atoms with E-state index in [4.69, 9.17) is 12.2 Å². The molecule has 0 amide bonds. The van der Waals surface area contributed by atoms with Crippen LogP contribution in [0.4, 0.5) is 4.39 Å². The van der Waals surface area contributed by atoms with Gasteiger partial charge in [-0.15, -0.1) is 0 Å². The molecule has 0 unspecified atom stereocenters. The maximum Gasteiger partial charge on any atom is 0.178 e. The minimum atomic E-state index is -0.278. The Kier molecular flexibility index (Phi) is 3.13. The number of para-hydroxylation sites is 1. The Morgan fingerprint density at radius 1 is 1.21 bits per heavy atom. The highest BCUT2D eigenvalue weighted by Gasteiger charge is 2.08. The molecule has 0 aliphatic heterocycles. The van der Waals surface area contributed by atoms with Crippen molar-refractivity contribution >= 4 is 23.3 Å². The number of hydrogen-bond donors (Lipinski definition) is 1. The normalized spacial score (nSPS) is 11.0. The lowest BCUT2D eigenvalue weighted by Gasteiger charge is -2.04. The first kappa shape index (κ1) is 12.0. The van der Waals surface area contributed by atoms with Gasteiger partial charge in [-0.3, -0.25) is 4.98 Å². The van der Waals surface area contributed by atoms with Gasteiger partial charge < -0.3 is 9.55 Å².